The Morgan fingerprint density at radius 2 is 1.62 bits per heavy atom. The average Bonchev–Trinajstić information content (AvgIpc) is 2.86. The summed E-state index contributed by atoms with van der Waals surface area (Å²) in [6.45, 7) is 3.14. The number of amides is 1. The van der Waals surface area contributed by atoms with E-state index in [0.717, 1.165) is 34.8 Å². The van der Waals surface area contributed by atoms with Crippen molar-refractivity contribution in [2.45, 2.75) is 74.4 Å². The van der Waals surface area contributed by atoms with Gasteiger partial charge in [-0.3, -0.25) is 19.2 Å². The third kappa shape index (κ3) is 7.10. The Labute approximate surface area is 224 Å². The van der Waals surface area contributed by atoms with Gasteiger partial charge in [0.15, 0.2) is 12.2 Å². The molecule has 1 fully saturated rings. The van der Waals surface area contributed by atoms with Gasteiger partial charge in [-0.15, -0.1) is 0 Å². The van der Waals surface area contributed by atoms with E-state index in [-0.39, 0.29) is 4.90 Å². The van der Waals surface area contributed by atoms with Gasteiger partial charge in [0.05, 0.1) is 24.7 Å². The van der Waals surface area contributed by atoms with Crippen LogP contribution in [0.1, 0.15) is 34.1 Å². The van der Waals surface area contributed by atoms with Gasteiger partial charge < -0.3 is 34.1 Å². The normalized spacial score (nSPS) is 24.4. The van der Waals surface area contributed by atoms with Crippen LogP contribution in [-0.4, -0.2) is 92.4 Å². The van der Waals surface area contributed by atoms with Crippen LogP contribution in [0.25, 0.3) is 0 Å². The Balaban J connectivity index is 2.89. The van der Waals surface area contributed by atoms with E-state index in [1.807, 2.05) is 0 Å². The molecule has 1 aliphatic heterocycles. The highest BCUT2D eigenvalue weighted by molar-refractivity contribution is 7.93. The fraction of sp³-hybridized carbons (Fsp3) is 0.542. The molecule has 1 aromatic rings. The third-order valence-electron chi connectivity index (χ3n) is 5.71. The molecule has 14 nitrogen and oxygen atoms in total. The quantitative estimate of drug-likeness (QED) is 0.266. The molecule has 1 heterocycles. The number of carbonyl (C=O) groups excluding carboxylic acids is 5. The van der Waals surface area contributed by atoms with Crippen molar-refractivity contribution in [3.05, 3.63) is 30.3 Å². The second-order valence-electron chi connectivity index (χ2n) is 8.63. The first-order chi connectivity index (χ1) is 18.2. The van der Waals surface area contributed by atoms with Gasteiger partial charge in [-0.2, -0.15) is 0 Å². The lowest BCUT2D eigenvalue weighted by Gasteiger charge is -2.48. The number of aliphatic hydroxyl groups is 1. The molecule has 0 unspecified atom stereocenters. The fourth-order valence-corrected chi connectivity index (χ4v) is 6.10. The Hall–Kier alpha value is -3.56. The van der Waals surface area contributed by atoms with E-state index in [9.17, 15) is 37.5 Å². The number of aliphatic hydroxyl groups excluding tert-OH is 1. The van der Waals surface area contributed by atoms with Gasteiger partial charge in [-0.25, -0.2) is 13.2 Å². The standard InChI is InChI=1S/C24H31NO13S/c1-13(27)25-20-18(35-14(2)28)11-24(23(31)34-5,39(32,33)17-9-7-6-8-10-17)38-22(20)21(37-16(4)30)19(12-26)36-15(3)29/h6-10,18-22,26H,11-12H2,1-5H3,(H,25,27)/t18-,19+,20+,21-,22+,24-/m0/s1. The number of nitrogens with one attached hydrogen (secondary N) is 1. The summed E-state index contributed by atoms with van der Waals surface area (Å²) in [5.74, 6) is -4.90. The Morgan fingerprint density at radius 1 is 1.03 bits per heavy atom. The fourth-order valence-electron chi connectivity index (χ4n) is 4.28. The number of carbonyl (C=O) groups is 5. The smallest absolute Gasteiger partial charge is 0.354 e. The van der Waals surface area contributed by atoms with Gasteiger partial charge in [0.1, 0.15) is 12.2 Å². The predicted molar refractivity (Wildman–Crippen MR) is 129 cm³/mol. The molecular formula is C24H31NO13S. The molecule has 0 bridgehead atoms. The first kappa shape index (κ1) is 31.7. The van der Waals surface area contributed by atoms with Gasteiger partial charge in [0.25, 0.3) is 4.93 Å². The molecule has 6 atom stereocenters. The minimum Gasteiger partial charge on any atom is -0.466 e. The van der Waals surface area contributed by atoms with Crippen LogP contribution in [0.15, 0.2) is 35.2 Å². The SMILES string of the molecule is COC(=O)[C@@]1(S(=O)(=O)c2ccccc2)C[C@H](OC(C)=O)[C@@H](NC(C)=O)[C@H]([C@@H](OC(C)=O)[C@@H](CO)OC(C)=O)O1. The van der Waals surface area contributed by atoms with E-state index in [4.69, 9.17) is 23.7 Å². The monoisotopic (exact) mass is 573 g/mol. The van der Waals surface area contributed by atoms with Crippen LogP contribution in [0.4, 0.5) is 0 Å². The number of methoxy groups -OCH3 is 1. The summed E-state index contributed by atoms with van der Waals surface area (Å²) in [6.07, 6.45) is -7.72. The lowest BCUT2D eigenvalue weighted by Crippen LogP contribution is -2.70. The van der Waals surface area contributed by atoms with Crippen molar-refractivity contribution in [3.63, 3.8) is 0 Å². The van der Waals surface area contributed by atoms with E-state index in [0.29, 0.717) is 0 Å². The number of hydrogen-bond donors (Lipinski definition) is 2. The van der Waals surface area contributed by atoms with Crippen LogP contribution in [0.3, 0.4) is 0 Å². The summed E-state index contributed by atoms with van der Waals surface area (Å²) in [6, 6.07) is 5.25. The van der Waals surface area contributed by atoms with Crippen molar-refractivity contribution >= 4 is 39.6 Å². The van der Waals surface area contributed by atoms with Gasteiger partial charge in [-0.1, -0.05) is 18.2 Å². The average molecular weight is 574 g/mol. The van der Waals surface area contributed by atoms with E-state index < -0.39 is 88.0 Å². The molecule has 39 heavy (non-hydrogen) atoms. The zero-order valence-corrected chi connectivity index (χ0v) is 22.8. The largest absolute Gasteiger partial charge is 0.466 e. The summed E-state index contributed by atoms with van der Waals surface area (Å²) < 4.78 is 54.5. The highest BCUT2D eigenvalue weighted by Crippen LogP contribution is 2.42. The lowest BCUT2D eigenvalue weighted by atomic mass is 9.89. The zero-order valence-electron chi connectivity index (χ0n) is 21.9. The van der Waals surface area contributed by atoms with Gasteiger partial charge in [0.2, 0.25) is 15.7 Å². The van der Waals surface area contributed by atoms with Crippen molar-refractivity contribution in [2.24, 2.45) is 0 Å². The van der Waals surface area contributed by atoms with Crippen LogP contribution in [-0.2, 0) is 57.5 Å². The molecule has 216 valence electrons. The highest BCUT2D eigenvalue weighted by atomic mass is 32.2. The van der Waals surface area contributed by atoms with E-state index in [1.54, 1.807) is 0 Å². The van der Waals surface area contributed by atoms with Gasteiger partial charge in [-0.05, 0) is 12.1 Å². The highest BCUT2D eigenvalue weighted by Gasteiger charge is 2.64. The van der Waals surface area contributed by atoms with Crippen molar-refractivity contribution in [2.75, 3.05) is 13.7 Å². The number of esters is 4. The second kappa shape index (κ2) is 13.0. The van der Waals surface area contributed by atoms with Crippen molar-refractivity contribution < 1.29 is 61.2 Å². The van der Waals surface area contributed by atoms with E-state index in [1.165, 1.54) is 30.3 Å². The molecule has 1 aromatic carbocycles. The summed E-state index contributed by atoms with van der Waals surface area (Å²) in [7, 11) is -3.91. The molecular weight excluding hydrogens is 542 g/mol. The molecule has 0 radical (unpaired) electrons. The summed E-state index contributed by atoms with van der Waals surface area (Å²) in [4.78, 5) is 58.1. The first-order valence-corrected chi connectivity index (χ1v) is 13.1. The Bertz CT molecular complexity index is 1190. The third-order valence-corrected chi connectivity index (χ3v) is 7.90. The zero-order chi connectivity index (χ0) is 29.5. The lowest BCUT2D eigenvalue weighted by molar-refractivity contribution is -0.224. The number of hydrogen-bond acceptors (Lipinski definition) is 13. The van der Waals surface area contributed by atoms with Crippen LogP contribution in [0, 0.1) is 0 Å². The second-order valence-corrected chi connectivity index (χ2v) is 10.8. The topological polar surface area (TPSA) is 198 Å². The Morgan fingerprint density at radius 3 is 2.08 bits per heavy atom. The summed E-state index contributed by atoms with van der Waals surface area (Å²) in [5.41, 5.74) is 0. The minimum absolute atomic E-state index is 0.364. The van der Waals surface area contributed by atoms with E-state index in [2.05, 4.69) is 5.32 Å². The first-order valence-electron chi connectivity index (χ1n) is 11.7. The van der Waals surface area contributed by atoms with Crippen LogP contribution in [0.2, 0.25) is 0 Å². The Kier molecular flexibility index (Phi) is 10.5. The maximum absolute atomic E-state index is 14.0. The molecule has 2 rings (SSSR count). The maximum Gasteiger partial charge on any atom is 0.354 e. The van der Waals surface area contributed by atoms with Gasteiger partial charge >= 0.3 is 23.9 Å². The minimum atomic E-state index is -4.82. The van der Waals surface area contributed by atoms with Crippen molar-refractivity contribution in [1.29, 1.82) is 0 Å². The number of benzene rings is 1. The van der Waals surface area contributed by atoms with Crippen molar-refractivity contribution in [3.8, 4) is 0 Å². The molecule has 1 aliphatic rings. The molecule has 1 saturated heterocycles. The predicted octanol–water partition coefficient (Wildman–Crippen LogP) is -0.589. The molecule has 0 spiro atoms. The van der Waals surface area contributed by atoms with Crippen LogP contribution < -0.4 is 5.32 Å². The number of ether oxygens (including phenoxy) is 5. The number of rotatable bonds is 10. The maximum atomic E-state index is 14.0. The van der Waals surface area contributed by atoms with Crippen molar-refractivity contribution in [1.82, 2.24) is 5.32 Å². The summed E-state index contributed by atoms with van der Waals surface area (Å²) >= 11 is 0. The van der Waals surface area contributed by atoms with Crippen LogP contribution in [0.5, 0.6) is 0 Å². The molecule has 0 aliphatic carbocycles. The van der Waals surface area contributed by atoms with Gasteiger partial charge in [0, 0.05) is 34.1 Å². The molecule has 1 amide bonds. The molecule has 2 N–H and O–H groups in total. The molecule has 0 saturated carbocycles. The molecule has 15 heteroatoms. The number of sulfone groups is 1. The summed E-state index contributed by atoms with van der Waals surface area (Å²) in [5, 5.41) is 12.4. The van der Waals surface area contributed by atoms with Crippen LogP contribution >= 0.6 is 0 Å². The molecule has 0 aromatic heterocycles. The van der Waals surface area contributed by atoms with E-state index >= 15 is 0 Å².